The van der Waals surface area contributed by atoms with Gasteiger partial charge in [-0.2, -0.15) is 0 Å². The summed E-state index contributed by atoms with van der Waals surface area (Å²) in [6, 6.07) is 7.90. The molecular weight excluding hydrogens is 254 g/mol. The molecule has 0 unspecified atom stereocenters. The number of aryl methyl sites for hydroxylation is 1. The molecule has 0 heterocycles. The van der Waals surface area contributed by atoms with E-state index in [4.69, 9.17) is 0 Å². The molecule has 0 saturated carbocycles. The number of rotatable bonds is 8. The number of unbranched alkanes of at least 4 members (excludes halogenated alkanes) is 2. The van der Waals surface area contributed by atoms with E-state index in [1.165, 1.54) is 7.11 Å². The molecule has 0 aromatic heterocycles. The SMILES string of the molecule is COC(=O)CCCCCNC(=O)Cc1ccccc1C. The van der Waals surface area contributed by atoms with Gasteiger partial charge < -0.3 is 10.1 Å². The van der Waals surface area contributed by atoms with Crippen LogP contribution in [-0.4, -0.2) is 25.5 Å². The molecule has 1 aromatic rings. The molecule has 0 bridgehead atoms. The number of amides is 1. The van der Waals surface area contributed by atoms with Crippen LogP contribution in [0, 0.1) is 6.92 Å². The molecule has 0 radical (unpaired) electrons. The summed E-state index contributed by atoms with van der Waals surface area (Å²) < 4.78 is 4.56. The molecule has 0 fully saturated rings. The number of hydrogen-bond donors (Lipinski definition) is 1. The van der Waals surface area contributed by atoms with E-state index in [0.717, 1.165) is 30.4 Å². The van der Waals surface area contributed by atoms with E-state index < -0.39 is 0 Å². The van der Waals surface area contributed by atoms with E-state index >= 15 is 0 Å². The number of ether oxygens (including phenoxy) is 1. The third kappa shape index (κ3) is 6.36. The molecule has 1 amide bonds. The number of methoxy groups -OCH3 is 1. The van der Waals surface area contributed by atoms with Crippen molar-refractivity contribution in [2.45, 2.75) is 39.0 Å². The van der Waals surface area contributed by atoms with E-state index in [-0.39, 0.29) is 11.9 Å². The zero-order chi connectivity index (χ0) is 14.8. The van der Waals surface area contributed by atoms with Crippen molar-refractivity contribution in [3.8, 4) is 0 Å². The predicted octanol–water partition coefficient (Wildman–Crippen LogP) is 2.39. The van der Waals surface area contributed by atoms with Crippen LogP contribution in [0.15, 0.2) is 24.3 Å². The second-order valence-electron chi connectivity index (χ2n) is 4.84. The lowest BCUT2D eigenvalue weighted by Gasteiger charge is -2.07. The summed E-state index contributed by atoms with van der Waals surface area (Å²) in [5.41, 5.74) is 2.21. The minimum absolute atomic E-state index is 0.0484. The van der Waals surface area contributed by atoms with Gasteiger partial charge in [-0.05, 0) is 30.9 Å². The zero-order valence-corrected chi connectivity index (χ0v) is 12.3. The smallest absolute Gasteiger partial charge is 0.305 e. The van der Waals surface area contributed by atoms with Gasteiger partial charge in [-0.3, -0.25) is 9.59 Å². The number of hydrogen-bond acceptors (Lipinski definition) is 3. The average Bonchev–Trinajstić information content (AvgIpc) is 2.44. The summed E-state index contributed by atoms with van der Waals surface area (Å²) >= 11 is 0. The molecule has 0 atom stereocenters. The number of benzene rings is 1. The van der Waals surface area contributed by atoms with Gasteiger partial charge in [-0.15, -0.1) is 0 Å². The first-order valence-corrected chi connectivity index (χ1v) is 7.01. The molecule has 1 N–H and O–H groups in total. The Bertz CT molecular complexity index is 443. The van der Waals surface area contributed by atoms with Crippen LogP contribution in [0.4, 0.5) is 0 Å². The maximum Gasteiger partial charge on any atom is 0.305 e. The largest absolute Gasteiger partial charge is 0.469 e. The quantitative estimate of drug-likeness (QED) is 0.586. The summed E-state index contributed by atoms with van der Waals surface area (Å²) in [5, 5.41) is 2.91. The first-order chi connectivity index (χ1) is 9.63. The van der Waals surface area contributed by atoms with Gasteiger partial charge >= 0.3 is 5.97 Å². The van der Waals surface area contributed by atoms with Crippen molar-refractivity contribution in [3.05, 3.63) is 35.4 Å². The highest BCUT2D eigenvalue weighted by molar-refractivity contribution is 5.78. The van der Waals surface area contributed by atoms with Gasteiger partial charge in [-0.25, -0.2) is 0 Å². The molecule has 1 aromatic carbocycles. The Kier molecular flexibility index (Phi) is 7.40. The maximum atomic E-state index is 11.8. The third-order valence-electron chi connectivity index (χ3n) is 3.22. The molecule has 4 heteroatoms. The summed E-state index contributed by atoms with van der Waals surface area (Å²) in [5.74, 6) is -0.124. The predicted molar refractivity (Wildman–Crippen MR) is 78.4 cm³/mol. The Morgan fingerprint density at radius 3 is 2.60 bits per heavy atom. The summed E-state index contributed by atoms with van der Waals surface area (Å²) in [4.78, 5) is 22.7. The molecule has 0 spiro atoms. The van der Waals surface area contributed by atoms with Crippen LogP contribution < -0.4 is 5.32 Å². The average molecular weight is 277 g/mol. The first kappa shape index (κ1) is 16.2. The van der Waals surface area contributed by atoms with Gasteiger partial charge in [0.25, 0.3) is 0 Å². The fourth-order valence-corrected chi connectivity index (χ4v) is 1.94. The van der Waals surface area contributed by atoms with E-state index in [2.05, 4.69) is 10.1 Å². The van der Waals surface area contributed by atoms with Crippen molar-refractivity contribution in [2.24, 2.45) is 0 Å². The van der Waals surface area contributed by atoms with Crippen LogP contribution in [0.1, 0.15) is 36.8 Å². The minimum atomic E-state index is -0.173. The van der Waals surface area contributed by atoms with Crippen molar-refractivity contribution >= 4 is 11.9 Å². The monoisotopic (exact) mass is 277 g/mol. The normalized spacial score (nSPS) is 10.1. The minimum Gasteiger partial charge on any atom is -0.469 e. The van der Waals surface area contributed by atoms with Crippen LogP contribution in [0.5, 0.6) is 0 Å². The summed E-state index contributed by atoms with van der Waals surface area (Å²) in [6.45, 7) is 2.67. The van der Waals surface area contributed by atoms with Gasteiger partial charge in [0.2, 0.25) is 5.91 Å². The fraction of sp³-hybridized carbons (Fsp3) is 0.500. The van der Waals surface area contributed by atoms with E-state index in [9.17, 15) is 9.59 Å². The van der Waals surface area contributed by atoms with Gasteiger partial charge in [0, 0.05) is 13.0 Å². The molecule has 0 aliphatic carbocycles. The van der Waals surface area contributed by atoms with E-state index in [0.29, 0.717) is 19.4 Å². The van der Waals surface area contributed by atoms with Crippen molar-refractivity contribution in [3.63, 3.8) is 0 Å². The summed E-state index contributed by atoms with van der Waals surface area (Å²) in [7, 11) is 1.40. The Morgan fingerprint density at radius 1 is 1.15 bits per heavy atom. The lowest BCUT2D eigenvalue weighted by Crippen LogP contribution is -2.26. The number of esters is 1. The van der Waals surface area contributed by atoms with Gasteiger partial charge in [0.05, 0.1) is 13.5 Å². The van der Waals surface area contributed by atoms with E-state index in [1.54, 1.807) is 0 Å². The number of carbonyl (C=O) groups excluding carboxylic acids is 2. The Morgan fingerprint density at radius 2 is 1.90 bits per heavy atom. The van der Waals surface area contributed by atoms with Crippen LogP contribution in [0.3, 0.4) is 0 Å². The highest BCUT2D eigenvalue weighted by atomic mass is 16.5. The third-order valence-corrected chi connectivity index (χ3v) is 3.22. The van der Waals surface area contributed by atoms with Crippen LogP contribution >= 0.6 is 0 Å². The van der Waals surface area contributed by atoms with Crippen molar-refractivity contribution in [1.29, 1.82) is 0 Å². The Labute approximate surface area is 120 Å². The van der Waals surface area contributed by atoms with E-state index in [1.807, 2.05) is 31.2 Å². The first-order valence-electron chi connectivity index (χ1n) is 7.01. The van der Waals surface area contributed by atoms with Gasteiger partial charge in [-0.1, -0.05) is 30.7 Å². The molecule has 110 valence electrons. The zero-order valence-electron chi connectivity index (χ0n) is 12.3. The fourth-order valence-electron chi connectivity index (χ4n) is 1.94. The topological polar surface area (TPSA) is 55.4 Å². The lowest BCUT2D eigenvalue weighted by molar-refractivity contribution is -0.140. The maximum absolute atomic E-state index is 11.8. The molecule has 0 saturated heterocycles. The van der Waals surface area contributed by atoms with Crippen LogP contribution in [0.2, 0.25) is 0 Å². The highest BCUT2D eigenvalue weighted by Crippen LogP contribution is 2.07. The standard InChI is InChI=1S/C16H23NO3/c1-13-8-5-6-9-14(13)12-15(18)17-11-7-3-4-10-16(19)20-2/h5-6,8-9H,3-4,7,10-12H2,1-2H3,(H,17,18). The second-order valence-corrected chi connectivity index (χ2v) is 4.84. The second kappa shape index (κ2) is 9.13. The van der Waals surface area contributed by atoms with Crippen LogP contribution in [0.25, 0.3) is 0 Å². The Hall–Kier alpha value is -1.84. The molecule has 1 rings (SSSR count). The lowest BCUT2D eigenvalue weighted by atomic mass is 10.1. The molecule has 0 aliphatic heterocycles. The molecule has 20 heavy (non-hydrogen) atoms. The Balaban J connectivity index is 2.12. The summed E-state index contributed by atoms with van der Waals surface area (Å²) in [6.07, 6.45) is 3.49. The number of carbonyl (C=O) groups is 2. The molecule has 4 nitrogen and oxygen atoms in total. The van der Waals surface area contributed by atoms with Crippen molar-refractivity contribution in [2.75, 3.05) is 13.7 Å². The highest BCUT2D eigenvalue weighted by Gasteiger charge is 2.05. The molecular formula is C16H23NO3. The van der Waals surface area contributed by atoms with Crippen LogP contribution in [-0.2, 0) is 20.7 Å². The van der Waals surface area contributed by atoms with Crippen molar-refractivity contribution in [1.82, 2.24) is 5.32 Å². The van der Waals surface area contributed by atoms with Crippen molar-refractivity contribution < 1.29 is 14.3 Å². The van der Waals surface area contributed by atoms with Gasteiger partial charge in [0.1, 0.15) is 0 Å². The molecule has 0 aliphatic rings. The van der Waals surface area contributed by atoms with Gasteiger partial charge in [0.15, 0.2) is 0 Å². The number of nitrogens with one attached hydrogen (secondary N) is 1.